The van der Waals surface area contributed by atoms with Gasteiger partial charge in [0.05, 0.1) is 11.2 Å². The molecular weight excluding hydrogens is 262 g/mol. The molecule has 1 saturated carbocycles. The first-order chi connectivity index (χ1) is 10.0. The van der Waals surface area contributed by atoms with Gasteiger partial charge in [-0.15, -0.1) is 0 Å². The second-order valence-electron chi connectivity index (χ2n) is 8.23. The Morgan fingerprint density at radius 1 is 1.14 bits per heavy atom. The molecule has 3 heteroatoms. The maximum Gasteiger partial charge on any atom is 0.0702 e. The lowest BCUT2D eigenvalue weighted by Crippen LogP contribution is -2.53. The summed E-state index contributed by atoms with van der Waals surface area (Å²) >= 11 is 0. The van der Waals surface area contributed by atoms with Gasteiger partial charge in [0.25, 0.3) is 0 Å². The number of aliphatic hydroxyl groups is 1. The fraction of sp³-hybridized carbons (Fsp3) is 1.00. The molecule has 3 nitrogen and oxygen atoms in total. The number of hydrogen-bond donors (Lipinski definition) is 1. The maximum absolute atomic E-state index is 11.2. The van der Waals surface area contributed by atoms with Crippen molar-refractivity contribution in [3.8, 4) is 0 Å². The quantitative estimate of drug-likeness (QED) is 0.868. The minimum absolute atomic E-state index is 0.133. The largest absolute Gasteiger partial charge is 0.389 e. The molecule has 0 aromatic carbocycles. The SMILES string of the molecule is CC(C)CN1CCC(O)(C2CCOC3(CCCC3)C2)CC1. The van der Waals surface area contributed by atoms with Gasteiger partial charge in [0, 0.05) is 26.2 Å². The van der Waals surface area contributed by atoms with Gasteiger partial charge < -0.3 is 14.7 Å². The van der Waals surface area contributed by atoms with Crippen LogP contribution in [0.25, 0.3) is 0 Å². The lowest BCUT2D eigenvalue weighted by Gasteiger charge is -2.48. The van der Waals surface area contributed by atoms with Gasteiger partial charge in [-0.25, -0.2) is 0 Å². The predicted molar refractivity (Wildman–Crippen MR) is 85.3 cm³/mol. The molecule has 0 amide bonds. The van der Waals surface area contributed by atoms with E-state index in [-0.39, 0.29) is 5.60 Å². The molecule has 1 unspecified atom stereocenters. The number of ether oxygens (including phenoxy) is 1. The van der Waals surface area contributed by atoms with Crippen molar-refractivity contribution < 1.29 is 9.84 Å². The molecule has 0 radical (unpaired) electrons. The van der Waals surface area contributed by atoms with Gasteiger partial charge in [-0.2, -0.15) is 0 Å². The molecule has 2 saturated heterocycles. The molecule has 122 valence electrons. The van der Waals surface area contributed by atoms with Gasteiger partial charge >= 0.3 is 0 Å². The smallest absolute Gasteiger partial charge is 0.0702 e. The summed E-state index contributed by atoms with van der Waals surface area (Å²) in [6, 6.07) is 0. The van der Waals surface area contributed by atoms with Gasteiger partial charge in [-0.05, 0) is 50.4 Å². The van der Waals surface area contributed by atoms with E-state index < -0.39 is 5.60 Å². The normalized spacial score (nSPS) is 32.9. The zero-order chi connectivity index (χ0) is 14.9. The van der Waals surface area contributed by atoms with Crippen molar-refractivity contribution in [2.45, 2.75) is 76.4 Å². The topological polar surface area (TPSA) is 32.7 Å². The third kappa shape index (κ3) is 3.46. The Labute approximate surface area is 130 Å². The van der Waals surface area contributed by atoms with Crippen molar-refractivity contribution >= 4 is 0 Å². The van der Waals surface area contributed by atoms with Crippen LogP contribution in [0.1, 0.15) is 65.2 Å². The highest BCUT2D eigenvalue weighted by Crippen LogP contribution is 2.47. The Morgan fingerprint density at radius 2 is 1.81 bits per heavy atom. The fourth-order valence-electron chi connectivity index (χ4n) is 4.90. The number of rotatable bonds is 3. The number of nitrogens with zero attached hydrogens (tertiary/aromatic N) is 1. The highest BCUT2D eigenvalue weighted by atomic mass is 16.5. The second-order valence-corrected chi connectivity index (χ2v) is 8.23. The van der Waals surface area contributed by atoms with E-state index in [1.165, 1.54) is 32.2 Å². The van der Waals surface area contributed by atoms with Crippen molar-refractivity contribution in [2.24, 2.45) is 11.8 Å². The molecule has 3 aliphatic rings. The molecule has 21 heavy (non-hydrogen) atoms. The van der Waals surface area contributed by atoms with Crippen molar-refractivity contribution in [3.05, 3.63) is 0 Å². The average Bonchev–Trinajstić information content (AvgIpc) is 2.89. The minimum Gasteiger partial charge on any atom is -0.389 e. The van der Waals surface area contributed by atoms with Gasteiger partial charge in [-0.1, -0.05) is 26.7 Å². The van der Waals surface area contributed by atoms with Crippen LogP contribution in [0.2, 0.25) is 0 Å². The van der Waals surface area contributed by atoms with E-state index in [1.807, 2.05) is 0 Å². The average molecular weight is 295 g/mol. The van der Waals surface area contributed by atoms with Crippen LogP contribution >= 0.6 is 0 Å². The Balaban J connectivity index is 1.58. The fourth-order valence-corrected chi connectivity index (χ4v) is 4.90. The van der Waals surface area contributed by atoms with Crippen molar-refractivity contribution in [1.82, 2.24) is 4.90 Å². The molecule has 1 spiro atoms. The zero-order valence-electron chi connectivity index (χ0n) is 13.9. The van der Waals surface area contributed by atoms with E-state index in [0.717, 1.165) is 51.3 Å². The molecule has 0 aromatic heterocycles. The molecule has 1 N–H and O–H groups in total. The minimum atomic E-state index is -0.424. The van der Waals surface area contributed by atoms with Crippen LogP contribution in [-0.2, 0) is 4.74 Å². The summed E-state index contributed by atoms with van der Waals surface area (Å²) in [5.41, 5.74) is -0.291. The van der Waals surface area contributed by atoms with Gasteiger partial charge in [-0.3, -0.25) is 0 Å². The van der Waals surface area contributed by atoms with Crippen LogP contribution in [0.4, 0.5) is 0 Å². The van der Waals surface area contributed by atoms with E-state index >= 15 is 0 Å². The van der Waals surface area contributed by atoms with E-state index in [2.05, 4.69) is 18.7 Å². The van der Waals surface area contributed by atoms with E-state index in [1.54, 1.807) is 0 Å². The number of piperidine rings is 1. The second kappa shape index (κ2) is 6.17. The molecule has 2 aliphatic heterocycles. The first-order valence-corrected chi connectivity index (χ1v) is 9.10. The Morgan fingerprint density at radius 3 is 2.43 bits per heavy atom. The molecule has 1 aliphatic carbocycles. The standard InChI is InChI=1S/C18H33NO2/c1-15(2)14-19-10-8-18(20,9-11-19)16-5-12-21-17(13-16)6-3-4-7-17/h15-16,20H,3-14H2,1-2H3. The van der Waals surface area contributed by atoms with Crippen molar-refractivity contribution in [2.75, 3.05) is 26.2 Å². The summed E-state index contributed by atoms with van der Waals surface area (Å²) in [6.45, 7) is 8.74. The van der Waals surface area contributed by atoms with Crippen LogP contribution in [0.15, 0.2) is 0 Å². The number of hydrogen-bond acceptors (Lipinski definition) is 3. The summed E-state index contributed by atoms with van der Waals surface area (Å²) < 4.78 is 6.14. The lowest BCUT2D eigenvalue weighted by molar-refractivity contribution is -0.154. The van der Waals surface area contributed by atoms with E-state index in [0.29, 0.717) is 5.92 Å². The third-order valence-corrected chi connectivity index (χ3v) is 6.11. The molecule has 1 atom stereocenters. The summed E-state index contributed by atoms with van der Waals surface area (Å²) in [4.78, 5) is 2.53. The van der Waals surface area contributed by atoms with Crippen LogP contribution < -0.4 is 0 Å². The van der Waals surface area contributed by atoms with Gasteiger partial charge in [0.15, 0.2) is 0 Å². The highest BCUT2D eigenvalue weighted by molar-refractivity contribution is 4.99. The van der Waals surface area contributed by atoms with Crippen LogP contribution in [0.3, 0.4) is 0 Å². The first-order valence-electron chi connectivity index (χ1n) is 9.10. The predicted octanol–water partition coefficient (Wildman–Crippen LogP) is 3.21. The van der Waals surface area contributed by atoms with Crippen molar-refractivity contribution in [3.63, 3.8) is 0 Å². The summed E-state index contributed by atoms with van der Waals surface area (Å²) in [6.07, 6.45) is 9.15. The molecular formula is C18H33NO2. The summed E-state index contributed by atoms with van der Waals surface area (Å²) in [5, 5.41) is 11.2. The molecule has 0 bridgehead atoms. The monoisotopic (exact) mass is 295 g/mol. The maximum atomic E-state index is 11.2. The molecule has 0 aromatic rings. The highest BCUT2D eigenvalue weighted by Gasteiger charge is 2.47. The van der Waals surface area contributed by atoms with E-state index in [9.17, 15) is 5.11 Å². The third-order valence-electron chi connectivity index (χ3n) is 6.11. The summed E-state index contributed by atoms with van der Waals surface area (Å²) in [5.74, 6) is 1.19. The zero-order valence-corrected chi connectivity index (χ0v) is 13.9. The summed E-state index contributed by atoms with van der Waals surface area (Å²) in [7, 11) is 0. The van der Waals surface area contributed by atoms with Gasteiger partial charge in [0.1, 0.15) is 0 Å². The molecule has 2 heterocycles. The Kier molecular flexibility index (Phi) is 4.63. The number of likely N-dealkylation sites (tertiary alicyclic amines) is 1. The first kappa shape index (κ1) is 15.8. The van der Waals surface area contributed by atoms with E-state index in [4.69, 9.17) is 4.74 Å². The Hall–Kier alpha value is -0.120. The van der Waals surface area contributed by atoms with Crippen LogP contribution in [0.5, 0.6) is 0 Å². The van der Waals surface area contributed by atoms with Crippen molar-refractivity contribution in [1.29, 1.82) is 0 Å². The van der Waals surface area contributed by atoms with Crippen LogP contribution in [-0.4, -0.2) is 47.4 Å². The Bertz CT molecular complexity index is 341. The van der Waals surface area contributed by atoms with Gasteiger partial charge in [0.2, 0.25) is 0 Å². The van der Waals surface area contributed by atoms with Crippen LogP contribution in [0, 0.1) is 11.8 Å². The lowest BCUT2D eigenvalue weighted by atomic mass is 9.71. The molecule has 3 fully saturated rings. The molecule has 3 rings (SSSR count).